The van der Waals surface area contributed by atoms with E-state index in [4.69, 9.17) is 4.74 Å². The zero-order valence-electron chi connectivity index (χ0n) is 9.32. The van der Waals surface area contributed by atoms with Gasteiger partial charge in [0, 0.05) is 0 Å². The molecule has 2 fully saturated rings. The van der Waals surface area contributed by atoms with Crippen LogP contribution < -0.4 is 0 Å². The summed E-state index contributed by atoms with van der Waals surface area (Å²) < 4.78 is 4.82. The summed E-state index contributed by atoms with van der Waals surface area (Å²) in [6.07, 6.45) is 6.14. The average molecular weight is 212 g/mol. The van der Waals surface area contributed by atoms with Gasteiger partial charge in [-0.05, 0) is 31.1 Å². The Balaban J connectivity index is 2.11. The quantitative estimate of drug-likeness (QED) is 0.673. The third-order valence-electron chi connectivity index (χ3n) is 4.14. The molecule has 86 valence electrons. The van der Waals surface area contributed by atoms with E-state index in [-0.39, 0.29) is 18.0 Å². The molecule has 0 heterocycles. The molecular formula is C12H20O3. The molecule has 0 spiro atoms. The molecule has 0 aliphatic heterocycles. The van der Waals surface area contributed by atoms with Crippen molar-refractivity contribution in [2.24, 2.45) is 17.8 Å². The third kappa shape index (κ3) is 2.03. The molecule has 3 heteroatoms. The van der Waals surface area contributed by atoms with Crippen LogP contribution in [0.3, 0.4) is 0 Å². The van der Waals surface area contributed by atoms with Gasteiger partial charge in [0.25, 0.3) is 0 Å². The van der Waals surface area contributed by atoms with Crippen molar-refractivity contribution in [2.75, 3.05) is 7.11 Å². The molecule has 2 aliphatic rings. The number of aliphatic hydroxyl groups is 1. The van der Waals surface area contributed by atoms with Gasteiger partial charge in [0.1, 0.15) is 0 Å². The van der Waals surface area contributed by atoms with Gasteiger partial charge >= 0.3 is 5.97 Å². The van der Waals surface area contributed by atoms with E-state index in [0.29, 0.717) is 18.3 Å². The number of carbonyl (C=O) groups is 1. The van der Waals surface area contributed by atoms with Crippen molar-refractivity contribution < 1.29 is 14.6 Å². The summed E-state index contributed by atoms with van der Waals surface area (Å²) in [5.74, 6) is 0.545. The first-order valence-electron chi connectivity index (χ1n) is 6.00. The van der Waals surface area contributed by atoms with Crippen molar-refractivity contribution >= 4 is 5.97 Å². The van der Waals surface area contributed by atoms with E-state index in [0.717, 1.165) is 12.8 Å². The van der Waals surface area contributed by atoms with Crippen molar-refractivity contribution in [3.63, 3.8) is 0 Å². The van der Waals surface area contributed by atoms with E-state index in [1.165, 1.54) is 26.4 Å². The second-order valence-electron chi connectivity index (χ2n) is 4.90. The van der Waals surface area contributed by atoms with Gasteiger partial charge in [0.2, 0.25) is 0 Å². The minimum absolute atomic E-state index is 0.0481. The van der Waals surface area contributed by atoms with Crippen molar-refractivity contribution in [1.29, 1.82) is 0 Å². The Kier molecular flexibility index (Phi) is 3.29. The highest BCUT2D eigenvalue weighted by Crippen LogP contribution is 2.45. The predicted octanol–water partition coefficient (Wildman–Crippen LogP) is 1.74. The van der Waals surface area contributed by atoms with Crippen molar-refractivity contribution in [3.8, 4) is 0 Å². The van der Waals surface area contributed by atoms with Crippen LogP contribution in [0.25, 0.3) is 0 Å². The lowest BCUT2D eigenvalue weighted by Crippen LogP contribution is -2.23. The lowest BCUT2D eigenvalue weighted by molar-refractivity contribution is -0.147. The molecular weight excluding hydrogens is 192 g/mol. The van der Waals surface area contributed by atoms with Crippen molar-refractivity contribution in [3.05, 3.63) is 0 Å². The topological polar surface area (TPSA) is 46.5 Å². The van der Waals surface area contributed by atoms with E-state index in [9.17, 15) is 9.90 Å². The van der Waals surface area contributed by atoms with Gasteiger partial charge in [-0.2, -0.15) is 0 Å². The van der Waals surface area contributed by atoms with Gasteiger partial charge in [0.05, 0.1) is 19.1 Å². The van der Waals surface area contributed by atoms with Gasteiger partial charge in [-0.25, -0.2) is 0 Å². The summed E-state index contributed by atoms with van der Waals surface area (Å²) in [5, 5.41) is 9.96. The van der Waals surface area contributed by atoms with Crippen LogP contribution >= 0.6 is 0 Å². The van der Waals surface area contributed by atoms with Gasteiger partial charge < -0.3 is 9.84 Å². The number of aliphatic hydroxyl groups excluding tert-OH is 1. The highest BCUT2D eigenvalue weighted by molar-refractivity contribution is 5.73. The zero-order valence-corrected chi connectivity index (χ0v) is 9.32. The Morgan fingerprint density at radius 3 is 2.53 bits per heavy atom. The Morgan fingerprint density at radius 2 is 1.87 bits per heavy atom. The first kappa shape index (κ1) is 10.9. The molecule has 0 saturated heterocycles. The van der Waals surface area contributed by atoms with E-state index in [1.807, 2.05) is 0 Å². The Morgan fingerprint density at radius 1 is 1.20 bits per heavy atom. The molecule has 4 unspecified atom stereocenters. The number of methoxy groups -OCH3 is 1. The molecule has 0 aromatic carbocycles. The molecule has 1 N–H and O–H groups in total. The predicted molar refractivity (Wildman–Crippen MR) is 56.2 cm³/mol. The van der Waals surface area contributed by atoms with Gasteiger partial charge in [-0.1, -0.05) is 19.3 Å². The summed E-state index contributed by atoms with van der Waals surface area (Å²) in [5.41, 5.74) is 0. The zero-order chi connectivity index (χ0) is 10.8. The molecule has 2 rings (SSSR count). The van der Waals surface area contributed by atoms with Crippen LogP contribution in [0.2, 0.25) is 0 Å². The second-order valence-corrected chi connectivity index (χ2v) is 4.90. The molecule has 0 radical (unpaired) electrons. The lowest BCUT2D eigenvalue weighted by Gasteiger charge is -2.21. The van der Waals surface area contributed by atoms with E-state index < -0.39 is 0 Å². The molecule has 15 heavy (non-hydrogen) atoms. The summed E-state index contributed by atoms with van der Waals surface area (Å²) >= 11 is 0. The SMILES string of the molecule is COC(=O)C1CC(O)C2CCCCCC12. The number of hydrogen-bond donors (Lipinski definition) is 1. The molecule has 2 aliphatic carbocycles. The number of fused-ring (bicyclic) bond motifs is 1. The Hall–Kier alpha value is -0.570. The Bertz CT molecular complexity index is 239. The normalized spacial score (nSPS) is 40.7. The first-order valence-corrected chi connectivity index (χ1v) is 6.00. The maximum Gasteiger partial charge on any atom is 0.309 e. The van der Waals surface area contributed by atoms with Crippen LogP contribution in [0, 0.1) is 17.8 Å². The van der Waals surface area contributed by atoms with Crippen LogP contribution in [0.4, 0.5) is 0 Å². The highest BCUT2D eigenvalue weighted by atomic mass is 16.5. The first-order chi connectivity index (χ1) is 7.24. The van der Waals surface area contributed by atoms with Gasteiger partial charge in [0.15, 0.2) is 0 Å². The van der Waals surface area contributed by atoms with Crippen LogP contribution in [0.5, 0.6) is 0 Å². The third-order valence-corrected chi connectivity index (χ3v) is 4.14. The molecule has 3 nitrogen and oxygen atoms in total. The van der Waals surface area contributed by atoms with Crippen molar-refractivity contribution in [2.45, 2.75) is 44.6 Å². The van der Waals surface area contributed by atoms with E-state index in [1.54, 1.807) is 0 Å². The number of esters is 1. The minimum atomic E-state index is -0.280. The summed E-state index contributed by atoms with van der Waals surface area (Å²) in [6.45, 7) is 0. The smallest absolute Gasteiger partial charge is 0.309 e. The average Bonchev–Trinajstić information content (AvgIpc) is 2.45. The minimum Gasteiger partial charge on any atom is -0.469 e. The number of rotatable bonds is 1. The number of ether oxygens (including phenoxy) is 1. The molecule has 2 saturated carbocycles. The van der Waals surface area contributed by atoms with Crippen molar-refractivity contribution in [1.82, 2.24) is 0 Å². The van der Waals surface area contributed by atoms with Crippen LogP contribution in [0.1, 0.15) is 38.5 Å². The number of carbonyl (C=O) groups excluding carboxylic acids is 1. The lowest BCUT2D eigenvalue weighted by atomic mass is 9.85. The summed E-state index contributed by atoms with van der Waals surface area (Å²) in [7, 11) is 1.44. The largest absolute Gasteiger partial charge is 0.469 e. The number of hydrogen-bond acceptors (Lipinski definition) is 3. The van der Waals surface area contributed by atoms with Gasteiger partial charge in [-0.3, -0.25) is 4.79 Å². The standard InChI is InChI=1S/C12H20O3/c1-15-12(14)10-7-11(13)9-6-4-2-3-5-8(9)10/h8-11,13H,2-7H2,1H3. The van der Waals surface area contributed by atoms with Crippen LogP contribution in [-0.2, 0) is 9.53 Å². The molecule has 0 aromatic rings. The maximum atomic E-state index is 11.6. The molecule has 0 amide bonds. The fraction of sp³-hybridized carbons (Fsp3) is 0.917. The Labute approximate surface area is 90.8 Å². The van der Waals surface area contributed by atoms with Gasteiger partial charge in [-0.15, -0.1) is 0 Å². The highest BCUT2D eigenvalue weighted by Gasteiger charge is 2.46. The fourth-order valence-corrected chi connectivity index (χ4v) is 3.37. The van der Waals surface area contributed by atoms with E-state index >= 15 is 0 Å². The summed E-state index contributed by atoms with van der Waals surface area (Å²) in [4.78, 5) is 11.6. The summed E-state index contributed by atoms with van der Waals surface area (Å²) in [6, 6.07) is 0. The second kappa shape index (κ2) is 4.52. The monoisotopic (exact) mass is 212 g/mol. The molecule has 0 aromatic heterocycles. The van der Waals surface area contributed by atoms with Crippen LogP contribution in [0.15, 0.2) is 0 Å². The molecule has 0 bridgehead atoms. The molecule has 4 atom stereocenters. The van der Waals surface area contributed by atoms with E-state index in [2.05, 4.69) is 0 Å². The maximum absolute atomic E-state index is 11.6. The van der Waals surface area contributed by atoms with Crippen LogP contribution in [-0.4, -0.2) is 24.3 Å². The fourth-order valence-electron chi connectivity index (χ4n) is 3.37.